The minimum Gasteiger partial charge on any atom is -0.352 e. The van der Waals surface area contributed by atoms with Crippen molar-refractivity contribution in [1.29, 1.82) is 0 Å². The first kappa shape index (κ1) is 27.8. The van der Waals surface area contributed by atoms with Crippen molar-refractivity contribution in [3.8, 4) is 0 Å². The number of carbonyl (C=O) groups is 2. The van der Waals surface area contributed by atoms with Gasteiger partial charge in [0.15, 0.2) is 0 Å². The summed E-state index contributed by atoms with van der Waals surface area (Å²) in [5.41, 5.74) is 0.941. The number of rotatable bonds is 9. The number of nitrogens with one attached hydrogen (secondary N) is 1. The van der Waals surface area contributed by atoms with Crippen LogP contribution in [0.2, 0.25) is 10.0 Å². The van der Waals surface area contributed by atoms with Crippen molar-refractivity contribution < 1.29 is 18.0 Å². The largest absolute Gasteiger partial charge is 0.352 e. The highest BCUT2D eigenvalue weighted by Gasteiger charge is 2.31. The fraction of sp³-hybridized carbons (Fsp3) is 0.417. The Bertz CT molecular complexity index is 1170. The number of hydrogen-bond acceptors (Lipinski definition) is 4. The molecule has 35 heavy (non-hydrogen) atoms. The summed E-state index contributed by atoms with van der Waals surface area (Å²) in [7, 11) is -3.78. The molecule has 3 rings (SSSR count). The molecule has 1 atom stereocenters. The van der Waals surface area contributed by atoms with Crippen LogP contribution in [0.15, 0.2) is 46.9 Å². The molecule has 0 heterocycles. The molecular formula is C24H28BrCl2N3O4S. The third-order valence-electron chi connectivity index (χ3n) is 6.02. The number of amides is 2. The van der Waals surface area contributed by atoms with Gasteiger partial charge in [-0.3, -0.25) is 13.9 Å². The maximum absolute atomic E-state index is 13.6. The van der Waals surface area contributed by atoms with E-state index in [4.69, 9.17) is 23.2 Å². The molecule has 1 aliphatic rings. The standard InChI is InChI=1S/C24H28BrCl2N3O4S/c1-16(24(32)28-20-5-3-4-6-20)29(14-17-7-10-19(26)13-22(17)27)23(31)15-30(35(2,33)34)21-11-8-18(25)9-12-21/h7-13,16,20H,3-6,14-15H2,1-2H3,(H,28,32)/t16-/m0/s1. The first-order valence-electron chi connectivity index (χ1n) is 11.2. The predicted molar refractivity (Wildman–Crippen MR) is 143 cm³/mol. The first-order valence-corrected chi connectivity index (χ1v) is 14.6. The summed E-state index contributed by atoms with van der Waals surface area (Å²) < 4.78 is 27.0. The Morgan fingerprint density at radius 3 is 2.31 bits per heavy atom. The lowest BCUT2D eigenvalue weighted by molar-refractivity contribution is -0.139. The van der Waals surface area contributed by atoms with Gasteiger partial charge in [-0.05, 0) is 61.7 Å². The lowest BCUT2D eigenvalue weighted by atomic mass is 10.1. The zero-order chi connectivity index (χ0) is 25.8. The second-order valence-corrected chi connectivity index (χ2v) is 12.3. The Labute approximate surface area is 224 Å². The smallest absolute Gasteiger partial charge is 0.244 e. The quantitative estimate of drug-likeness (QED) is 0.436. The van der Waals surface area contributed by atoms with Gasteiger partial charge in [-0.2, -0.15) is 0 Å². The molecule has 0 aliphatic heterocycles. The second kappa shape index (κ2) is 12.0. The van der Waals surface area contributed by atoms with Gasteiger partial charge in [0.2, 0.25) is 21.8 Å². The number of anilines is 1. The van der Waals surface area contributed by atoms with Crippen LogP contribution in [0.3, 0.4) is 0 Å². The Morgan fingerprint density at radius 2 is 1.74 bits per heavy atom. The average Bonchev–Trinajstić information content (AvgIpc) is 3.29. The fourth-order valence-corrected chi connectivity index (χ4v) is 5.61. The van der Waals surface area contributed by atoms with Crippen LogP contribution in [-0.2, 0) is 26.2 Å². The first-order chi connectivity index (χ1) is 16.5. The van der Waals surface area contributed by atoms with Gasteiger partial charge in [-0.1, -0.05) is 58.0 Å². The highest BCUT2D eigenvalue weighted by atomic mass is 79.9. The van der Waals surface area contributed by atoms with Crippen LogP contribution in [-0.4, -0.2) is 50.0 Å². The molecule has 0 bridgehead atoms. The summed E-state index contributed by atoms with van der Waals surface area (Å²) in [5.74, 6) is -0.816. The van der Waals surface area contributed by atoms with E-state index in [2.05, 4.69) is 21.2 Å². The molecule has 1 aliphatic carbocycles. The number of benzene rings is 2. The van der Waals surface area contributed by atoms with Crippen molar-refractivity contribution in [2.45, 2.75) is 51.2 Å². The number of halogens is 3. The van der Waals surface area contributed by atoms with E-state index in [0.29, 0.717) is 21.3 Å². The van der Waals surface area contributed by atoms with Gasteiger partial charge in [-0.25, -0.2) is 8.42 Å². The van der Waals surface area contributed by atoms with Crippen LogP contribution in [0.1, 0.15) is 38.2 Å². The van der Waals surface area contributed by atoms with Crippen LogP contribution in [0, 0.1) is 0 Å². The Balaban J connectivity index is 1.89. The van der Waals surface area contributed by atoms with Crippen LogP contribution >= 0.6 is 39.1 Å². The van der Waals surface area contributed by atoms with Crippen LogP contribution < -0.4 is 9.62 Å². The average molecular weight is 605 g/mol. The van der Waals surface area contributed by atoms with E-state index in [0.717, 1.165) is 40.7 Å². The maximum atomic E-state index is 13.6. The van der Waals surface area contributed by atoms with E-state index in [-0.39, 0.29) is 18.5 Å². The third kappa shape index (κ3) is 7.59. The van der Waals surface area contributed by atoms with Crippen molar-refractivity contribution in [1.82, 2.24) is 10.2 Å². The third-order valence-corrected chi connectivity index (χ3v) is 8.27. The van der Waals surface area contributed by atoms with Gasteiger partial charge in [0.05, 0.1) is 11.9 Å². The van der Waals surface area contributed by atoms with Crippen molar-refractivity contribution in [2.75, 3.05) is 17.1 Å². The van der Waals surface area contributed by atoms with Gasteiger partial charge in [0, 0.05) is 27.1 Å². The van der Waals surface area contributed by atoms with E-state index in [1.54, 1.807) is 49.4 Å². The summed E-state index contributed by atoms with van der Waals surface area (Å²) in [5, 5.41) is 3.82. The molecule has 0 radical (unpaired) electrons. The molecule has 1 saturated carbocycles. The topological polar surface area (TPSA) is 86.8 Å². The summed E-state index contributed by atoms with van der Waals surface area (Å²) in [6.07, 6.45) is 4.96. The number of sulfonamides is 1. The van der Waals surface area contributed by atoms with Gasteiger partial charge >= 0.3 is 0 Å². The molecule has 0 spiro atoms. The Hall–Kier alpha value is -1.81. The fourth-order valence-electron chi connectivity index (χ4n) is 4.03. The lowest BCUT2D eigenvalue weighted by Crippen LogP contribution is -2.52. The van der Waals surface area contributed by atoms with E-state index in [1.807, 2.05) is 0 Å². The molecule has 11 heteroatoms. The van der Waals surface area contributed by atoms with Crippen molar-refractivity contribution in [3.63, 3.8) is 0 Å². The summed E-state index contributed by atoms with van der Waals surface area (Å²) in [4.78, 5) is 28.0. The number of hydrogen-bond donors (Lipinski definition) is 1. The van der Waals surface area contributed by atoms with Crippen LogP contribution in [0.5, 0.6) is 0 Å². The Kier molecular flexibility index (Phi) is 9.48. The van der Waals surface area contributed by atoms with E-state index in [9.17, 15) is 18.0 Å². The zero-order valence-corrected chi connectivity index (χ0v) is 23.4. The number of nitrogens with zero attached hydrogens (tertiary/aromatic N) is 2. The minimum absolute atomic E-state index is 0.0199. The molecule has 2 amide bonds. The molecular weight excluding hydrogens is 577 g/mol. The van der Waals surface area contributed by atoms with Gasteiger partial charge in [-0.15, -0.1) is 0 Å². The van der Waals surface area contributed by atoms with Crippen molar-refractivity contribution in [2.24, 2.45) is 0 Å². The molecule has 2 aromatic rings. The SMILES string of the molecule is C[C@@H](C(=O)NC1CCCC1)N(Cc1ccc(Cl)cc1Cl)C(=O)CN(c1ccc(Br)cc1)S(C)(=O)=O. The normalized spacial score (nSPS) is 15.0. The summed E-state index contributed by atoms with van der Waals surface area (Å²) in [6, 6.07) is 10.7. The lowest BCUT2D eigenvalue weighted by Gasteiger charge is -2.32. The van der Waals surface area contributed by atoms with Gasteiger partial charge in [0.25, 0.3) is 0 Å². The highest BCUT2D eigenvalue weighted by molar-refractivity contribution is 9.10. The van der Waals surface area contributed by atoms with Crippen molar-refractivity contribution >= 4 is 66.7 Å². The van der Waals surface area contributed by atoms with Crippen LogP contribution in [0.4, 0.5) is 5.69 Å². The second-order valence-electron chi connectivity index (χ2n) is 8.67. The molecule has 7 nitrogen and oxygen atoms in total. The zero-order valence-electron chi connectivity index (χ0n) is 19.5. The van der Waals surface area contributed by atoms with E-state index in [1.165, 1.54) is 4.90 Å². The van der Waals surface area contributed by atoms with Gasteiger partial charge < -0.3 is 10.2 Å². The van der Waals surface area contributed by atoms with Crippen molar-refractivity contribution in [3.05, 3.63) is 62.5 Å². The van der Waals surface area contributed by atoms with Crippen LogP contribution in [0.25, 0.3) is 0 Å². The molecule has 0 saturated heterocycles. The number of carbonyl (C=O) groups excluding carboxylic acids is 2. The summed E-state index contributed by atoms with van der Waals surface area (Å²) in [6.45, 7) is 1.19. The Morgan fingerprint density at radius 1 is 1.11 bits per heavy atom. The maximum Gasteiger partial charge on any atom is 0.244 e. The van der Waals surface area contributed by atoms with E-state index >= 15 is 0 Å². The molecule has 0 unspecified atom stereocenters. The monoisotopic (exact) mass is 603 g/mol. The molecule has 2 aromatic carbocycles. The highest BCUT2D eigenvalue weighted by Crippen LogP contribution is 2.25. The predicted octanol–water partition coefficient (Wildman–Crippen LogP) is 5.00. The minimum atomic E-state index is -3.78. The molecule has 0 aromatic heterocycles. The molecule has 1 N–H and O–H groups in total. The molecule has 1 fully saturated rings. The summed E-state index contributed by atoms with van der Waals surface area (Å²) >= 11 is 15.7. The van der Waals surface area contributed by atoms with Gasteiger partial charge in [0.1, 0.15) is 12.6 Å². The molecule has 190 valence electrons. The van der Waals surface area contributed by atoms with E-state index < -0.39 is 28.5 Å².